The van der Waals surface area contributed by atoms with E-state index in [4.69, 9.17) is 0 Å². The standard InChI is InChI=1S/C14H20FN/c1-3-8-16-10(2)13-7-6-12(15)9-14(13)11-4-5-11/h6-7,9-11,16H,3-5,8H2,1-2H3. The molecule has 2 rings (SSSR count). The van der Waals surface area contributed by atoms with Crippen molar-refractivity contribution in [2.24, 2.45) is 0 Å². The van der Waals surface area contributed by atoms with Gasteiger partial charge in [0.25, 0.3) is 0 Å². The molecule has 88 valence electrons. The van der Waals surface area contributed by atoms with E-state index in [9.17, 15) is 4.39 Å². The lowest BCUT2D eigenvalue weighted by Gasteiger charge is -2.17. The van der Waals surface area contributed by atoms with Crippen LogP contribution in [0.2, 0.25) is 0 Å². The van der Waals surface area contributed by atoms with E-state index in [0.29, 0.717) is 12.0 Å². The molecule has 1 saturated carbocycles. The molecule has 0 heterocycles. The van der Waals surface area contributed by atoms with Crippen molar-refractivity contribution in [2.75, 3.05) is 6.54 Å². The van der Waals surface area contributed by atoms with Crippen LogP contribution in [0, 0.1) is 5.82 Å². The zero-order chi connectivity index (χ0) is 11.5. The third-order valence-electron chi connectivity index (χ3n) is 3.23. The van der Waals surface area contributed by atoms with Gasteiger partial charge in [0.2, 0.25) is 0 Å². The van der Waals surface area contributed by atoms with Crippen LogP contribution < -0.4 is 5.32 Å². The summed E-state index contributed by atoms with van der Waals surface area (Å²) in [6, 6.07) is 5.56. The quantitative estimate of drug-likeness (QED) is 0.798. The van der Waals surface area contributed by atoms with Crippen LogP contribution in [-0.4, -0.2) is 6.54 Å². The van der Waals surface area contributed by atoms with Gasteiger partial charge < -0.3 is 5.32 Å². The first kappa shape index (κ1) is 11.6. The summed E-state index contributed by atoms with van der Waals surface area (Å²) >= 11 is 0. The fraction of sp³-hybridized carbons (Fsp3) is 0.571. The third kappa shape index (κ3) is 2.62. The van der Waals surface area contributed by atoms with Crippen LogP contribution in [0.4, 0.5) is 4.39 Å². The van der Waals surface area contributed by atoms with Crippen LogP contribution in [0.5, 0.6) is 0 Å². The number of hydrogen-bond donors (Lipinski definition) is 1. The summed E-state index contributed by atoms with van der Waals surface area (Å²) in [6.45, 7) is 5.34. The molecule has 2 heteroatoms. The topological polar surface area (TPSA) is 12.0 Å². The molecule has 0 amide bonds. The molecule has 0 radical (unpaired) electrons. The van der Waals surface area contributed by atoms with Crippen LogP contribution in [0.1, 0.15) is 56.2 Å². The van der Waals surface area contributed by atoms with Gasteiger partial charge in [-0.15, -0.1) is 0 Å². The minimum absolute atomic E-state index is 0.103. The summed E-state index contributed by atoms with van der Waals surface area (Å²) in [5.74, 6) is 0.505. The van der Waals surface area contributed by atoms with E-state index >= 15 is 0 Å². The average molecular weight is 221 g/mol. The Morgan fingerprint density at radius 2 is 2.19 bits per heavy atom. The minimum atomic E-state index is -0.103. The molecule has 1 aliphatic rings. The zero-order valence-corrected chi connectivity index (χ0v) is 10.1. The highest BCUT2D eigenvalue weighted by Crippen LogP contribution is 2.43. The van der Waals surface area contributed by atoms with E-state index in [0.717, 1.165) is 13.0 Å². The summed E-state index contributed by atoms with van der Waals surface area (Å²) in [5, 5.41) is 3.47. The Balaban J connectivity index is 2.18. The van der Waals surface area contributed by atoms with Crippen molar-refractivity contribution < 1.29 is 4.39 Å². The predicted molar refractivity (Wildman–Crippen MR) is 65.1 cm³/mol. The van der Waals surface area contributed by atoms with Gasteiger partial charge in [0.05, 0.1) is 0 Å². The molecule has 1 unspecified atom stereocenters. The molecule has 1 nitrogen and oxygen atoms in total. The van der Waals surface area contributed by atoms with E-state index in [1.54, 1.807) is 12.1 Å². The minimum Gasteiger partial charge on any atom is -0.310 e. The van der Waals surface area contributed by atoms with E-state index in [1.165, 1.54) is 24.0 Å². The first-order valence-electron chi connectivity index (χ1n) is 6.25. The highest BCUT2D eigenvalue weighted by atomic mass is 19.1. The van der Waals surface area contributed by atoms with Crippen molar-refractivity contribution in [3.05, 3.63) is 35.1 Å². The third-order valence-corrected chi connectivity index (χ3v) is 3.23. The first-order valence-corrected chi connectivity index (χ1v) is 6.25. The number of halogens is 1. The van der Waals surface area contributed by atoms with Gasteiger partial charge in [-0.05, 0) is 61.9 Å². The second-order valence-corrected chi connectivity index (χ2v) is 4.72. The molecule has 0 spiro atoms. The number of nitrogens with one attached hydrogen (secondary N) is 1. The molecule has 0 aliphatic heterocycles. The van der Waals surface area contributed by atoms with Crippen molar-refractivity contribution >= 4 is 0 Å². The highest BCUT2D eigenvalue weighted by molar-refractivity contribution is 5.35. The van der Waals surface area contributed by atoms with E-state index in [1.807, 2.05) is 6.07 Å². The highest BCUT2D eigenvalue weighted by Gasteiger charge is 2.27. The molecule has 0 saturated heterocycles. The maximum Gasteiger partial charge on any atom is 0.123 e. The summed E-state index contributed by atoms with van der Waals surface area (Å²) < 4.78 is 13.2. The van der Waals surface area contributed by atoms with Crippen molar-refractivity contribution in [2.45, 2.75) is 45.1 Å². The van der Waals surface area contributed by atoms with Gasteiger partial charge in [0.1, 0.15) is 5.82 Å². The summed E-state index contributed by atoms with van der Waals surface area (Å²) in [6.07, 6.45) is 3.57. The Kier molecular flexibility index (Phi) is 3.59. The zero-order valence-electron chi connectivity index (χ0n) is 10.1. The second-order valence-electron chi connectivity index (χ2n) is 4.72. The van der Waals surface area contributed by atoms with Gasteiger partial charge >= 0.3 is 0 Å². The Morgan fingerprint density at radius 1 is 1.44 bits per heavy atom. The molecule has 0 aromatic heterocycles. The largest absolute Gasteiger partial charge is 0.310 e. The van der Waals surface area contributed by atoms with Crippen LogP contribution in [0.25, 0.3) is 0 Å². The maximum atomic E-state index is 13.2. The van der Waals surface area contributed by atoms with Gasteiger partial charge in [-0.2, -0.15) is 0 Å². The van der Waals surface area contributed by atoms with Gasteiger partial charge in [0, 0.05) is 6.04 Å². The summed E-state index contributed by atoms with van der Waals surface area (Å²) in [4.78, 5) is 0. The molecule has 1 atom stereocenters. The smallest absolute Gasteiger partial charge is 0.123 e. The lowest BCUT2D eigenvalue weighted by molar-refractivity contribution is 0.562. The van der Waals surface area contributed by atoms with E-state index in [-0.39, 0.29) is 5.82 Å². The molecule has 1 N–H and O–H groups in total. The fourth-order valence-electron chi connectivity index (χ4n) is 2.16. The monoisotopic (exact) mass is 221 g/mol. The van der Waals surface area contributed by atoms with Gasteiger partial charge in [-0.3, -0.25) is 0 Å². The molecule has 1 fully saturated rings. The Hall–Kier alpha value is -0.890. The number of rotatable bonds is 5. The molecular weight excluding hydrogens is 201 g/mol. The Morgan fingerprint density at radius 3 is 2.81 bits per heavy atom. The number of benzene rings is 1. The molecule has 0 bridgehead atoms. The van der Waals surface area contributed by atoms with Crippen LogP contribution in [0.3, 0.4) is 0 Å². The van der Waals surface area contributed by atoms with Crippen molar-refractivity contribution in [3.8, 4) is 0 Å². The van der Waals surface area contributed by atoms with E-state index in [2.05, 4.69) is 19.2 Å². The van der Waals surface area contributed by atoms with Crippen molar-refractivity contribution in [1.29, 1.82) is 0 Å². The Bertz CT molecular complexity index is 358. The molecule has 1 aromatic rings. The van der Waals surface area contributed by atoms with Crippen molar-refractivity contribution in [3.63, 3.8) is 0 Å². The summed E-state index contributed by atoms with van der Waals surface area (Å²) in [5.41, 5.74) is 2.49. The molecular formula is C14H20FN. The summed E-state index contributed by atoms with van der Waals surface area (Å²) in [7, 11) is 0. The maximum absolute atomic E-state index is 13.2. The fourth-order valence-corrected chi connectivity index (χ4v) is 2.16. The second kappa shape index (κ2) is 4.96. The Labute approximate surface area is 97.1 Å². The van der Waals surface area contributed by atoms with Crippen LogP contribution in [0.15, 0.2) is 18.2 Å². The van der Waals surface area contributed by atoms with Crippen molar-refractivity contribution in [1.82, 2.24) is 5.32 Å². The SMILES string of the molecule is CCCNC(C)c1ccc(F)cc1C1CC1. The lowest BCUT2D eigenvalue weighted by Crippen LogP contribution is -2.20. The van der Waals surface area contributed by atoms with Gasteiger partial charge in [-0.1, -0.05) is 13.0 Å². The number of hydrogen-bond acceptors (Lipinski definition) is 1. The van der Waals surface area contributed by atoms with Crippen LogP contribution >= 0.6 is 0 Å². The van der Waals surface area contributed by atoms with Gasteiger partial charge in [-0.25, -0.2) is 4.39 Å². The van der Waals surface area contributed by atoms with Crippen LogP contribution in [-0.2, 0) is 0 Å². The predicted octanol–water partition coefficient (Wildman–Crippen LogP) is 3.76. The van der Waals surface area contributed by atoms with Gasteiger partial charge in [0.15, 0.2) is 0 Å². The molecule has 1 aliphatic carbocycles. The molecule has 1 aromatic carbocycles. The average Bonchev–Trinajstić information content (AvgIpc) is 3.09. The molecule has 16 heavy (non-hydrogen) atoms. The van der Waals surface area contributed by atoms with E-state index < -0.39 is 0 Å². The lowest BCUT2D eigenvalue weighted by atomic mass is 9.98. The normalized spacial score (nSPS) is 17.4. The first-order chi connectivity index (χ1) is 7.72.